The van der Waals surface area contributed by atoms with Crippen molar-refractivity contribution in [3.8, 4) is 0 Å². The molecule has 18 heavy (non-hydrogen) atoms. The van der Waals surface area contributed by atoms with E-state index in [2.05, 4.69) is 0 Å². The summed E-state index contributed by atoms with van der Waals surface area (Å²) in [6.45, 7) is 1.06. The molecule has 0 spiro atoms. The summed E-state index contributed by atoms with van der Waals surface area (Å²) in [5, 5.41) is 0.269. The van der Waals surface area contributed by atoms with Gasteiger partial charge >= 0.3 is 0 Å². The molecule has 0 atom stereocenters. The molecule has 0 bridgehead atoms. The molecule has 1 saturated heterocycles. The summed E-state index contributed by atoms with van der Waals surface area (Å²) in [4.78, 5) is 0.0352. The zero-order chi connectivity index (χ0) is 13.3. The summed E-state index contributed by atoms with van der Waals surface area (Å²) < 4.78 is 26.3. The minimum Gasteiger partial charge on any atom is -0.396 e. The number of hydrogen-bond acceptors (Lipinski definition) is 3. The van der Waals surface area contributed by atoms with Crippen molar-refractivity contribution < 1.29 is 8.42 Å². The van der Waals surface area contributed by atoms with Crippen LogP contribution >= 0.6 is 23.2 Å². The molecule has 0 radical (unpaired) electrons. The van der Waals surface area contributed by atoms with E-state index in [1.165, 1.54) is 16.4 Å². The standard InChI is InChI=1S/C11H14Cl2N2O2S/c12-8-4-5-9(10(13)11(8)14)18(16,17)15-6-2-1-3-7-15/h4-5H,1-3,6-7,14H2. The first-order valence-electron chi connectivity index (χ1n) is 5.68. The lowest BCUT2D eigenvalue weighted by Crippen LogP contribution is -2.35. The first-order chi connectivity index (χ1) is 8.44. The third kappa shape index (κ3) is 2.45. The molecule has 0 unspecified atom stereocenters. The minimum absolute atomic E-state index is 0.00748. The van der Waals surface area contributed by atoms with Gasteiger partial charge in [-0.3, -0.25) is 0 Å². The van der Waals surface area contributed by atoms with E-state index in [1.807, 2.05) is 0 Å². The van der Waals surface area contributed by atoms with E-state index in [0.29, 0.717) is 13.1 Å². The molecule has 4 nitrogen and oxygen atoms in total. The SMILES string of the molecule is Nc1c(Cl)ccc(S(=O)(=O)N2CCCCC2)c1Cl. The van der Waals surface area contributed by atoms with Gasteiger partial charge in [-0.05, 0) is 25.0 Å². The van der Waals surface area contributed by atoms with Crippen molar-refractivity contribution in [3.63, 3.8) is 0 Å². The largest absolute Gasteiger partial charge is 0.396 e. The van der Waals surface area contributed by atoms with Crippen LogP contribution in [0.25, 0.3) is 0 Å². The van der Waals surface area contributed by atoms with Gasteiger partial charge in [0.2, 0.25) is 10.0 Å². The maximum Gasteiger partial charge on any atom is 0.244 e. The van der Waals surface area contributed by atoms with Gasteiger partial charge in [0.05, 0.1) is 15.7 Å². The number of halogens is 2. The average molecular weight is 309 g/mol. The van der Waals surface area contributed by atoms with E-state index in [4.69, 9.17) is 28.9 Å². The summed E-state index contributed by atoms with van der Waals surface area (Å²) in [5.41, 5.74) is 5.77. The molecular weight excluding hydrogens is 295 g/mol. The number of nitrogens with zero attached hydrogens (tertiary/aromatic N) is 1. The molecule has 1 aliphatic rings. The molecule has 1 aromatic rings. The van der Waals surface area contributed by atoms with E-state index in [9.17, 15) is 8.42 Å². The van der Waals surface area contributed by atoms with Gasteiger partial charge in [-0.1, -0.05) is 29.6 Å². The molecule has 7 heteroatoms. The van der Waals surface area contributed by atoms with Crippen LogP contribution in [0.5, 0.6) is 0 Å². The van der Waals surface area contributed by atoms with E-state index in [-0.39, 0.29) is 20.6 Å². The van der Waals surface area contributed by atoms with Crippen molar-refractivity contribution in [1.29, 1.82) is 0 Å². The predicted octanol–water partition coefficient (Wildman–Crippen LogP) is 2.75. The first-order valence-corrected chi connectivity index (χ1v) is 7.88. The highest BCUT2D eigenvalue weighted by Gasteiger charge is 2.28. The Labute approximate surface area is 117 Å². The maximum atomic E-state index is 12.4. The van der Waals surface area contributed by atoms with Crippen LogP contribution in [-0.2, 0) is 10.0 Å². The smallest absolute Gasteiger partial charge is 0.244 e. The number of anilines is 1. The maximum absolute atomic E-state index is 12.4. The molecule has 2 N–H and O–H groups in total. The van der Waals surface area contributed by atoms with Crippen LogP contribution in [0.4, 0.5) is 5.69 Å². The second-order valence-electron chi connectivity index (χ2n) is 4.24. The fourth-order valence-corrected chi connectivity index (χ4v) is 4.25. The second kappa shape index (κ2) is 5.25. The molecule has 0 amide bonds. The van der Waals surface area contributed by atoms with Crippen LogP contribution in [0.3, 0.4) is 0 Å². The Morgan fingerprint density at radius 2 is 1.72 bits per heavy atom. The molecule has 1 fully saturated rings. The van der Waals surface area contributed by atoms with Gasteiger partial charge in [-0.2, -0.15) is 4.31 Å². The molecule has 1 aliphatic heterocycles. The number of rotatable bonds is 2. The lowest BCUT2D eigenvalue weighted by molar-refractivity contribution is 0.346. The quantitative estimate of drug-likeness (QED) is 0.854. The zero-order valence-electron chi connectivity index (χ0n) is 9.70. The van der Waals surface area contributed by atoms with Gasteiger partial charge in [0.15, 0.2) is 0 Å². The van der Waals surface area contributed by atoms with Gasteiger partial charge in [0, 0.05) is 13.1 Å². The number of hydrogen-bond donors (Lipinski definition) is 1. The summed E-state index contributed by atoms with van der Waals surface area (Å²) >= 11 is 11.8. The predicted molar refractivity (Wildman–Crippen MR) is 73.5 cm³/mol. The number of piperidine rings is 1. The van der Waals surface area contributed by atoms with Crippen molar-refractivity contribution in [3.05, 3.63) is 22.2 Å². The normalized spacial score (nSPS) is 17.9. The molecule has 1 aromatic carbocycles. The van der Waals surface area contributed by atoms with Crippen LogP contribution in [0.15, 0.2) is 17.0 Å². The Bertz CT molecular complexity index is 554. The summed E-state index contributed by atoms with van der Waals surface area (Å²) in [7, 11) is -3.57. The third-order valence-corrected chi connectivity index (χ3v) is 5.81. The van der Waals surface area contributed by atoms with Gasteiger partial charge in [0.25, 0.3) is 0 Å². The molecule has 1 heterocycles. The highest BCUT2D eigenvalue weighted by molar-refractivity contribution is 7.89. The van der Waals surface area contributed by atoms with Gasteiger partial charge in [-0.15, -0.1) is 0 Å². The molecule has 100 valence electrons. The van der Waals surface area contributed by atoms with Crippen molar-refractivity contribution in [2.45, 2.75) is 24.2 Å². The number of benzene rings is 1. The van der Waals surface area contributed by atoms with Crippen molar-refractivity contribution in [1.82, 2.24) is 4.31 Å². The summed E-state index contributed by atoms with van der Waals surface area (Å²) in [5.74, 6) is 0. The Hall–Kier alpha value is -0.490. The second-order valence-corrected chi connectivity index (χ2v) is 6.93. The first kappa shape index (κ1) is 13.9. The third-order valence-electron chi connectivity index (χ3n) is 3.02. The molecular formula is C11H14Cl2N2O2S. The van der Waals surface area contributed by atoms with Gasteiger partial charge in [0.1, 0.15) is 4.90 Å². The fraction of sp³-hybridized carbons (Fsp3) is 0.455. The Morgan fingerprint density at radius 3 is 2.33 bits per heavy atom. The lowest BCUT2D eigenvalue weighted by Gasteiger charge is -2.26. The lowest BCUT2D eigenvalue weighted by atomic mass is 10.2. The van der Waals surface area contributed by atoms with Crippen LogP contribution < -0.4 is 5.73 Å². The van der Waals surface area contributed by atoms with Crippen LogP contribution in [-0.4, -0.2) is 25.8 Å². The average Bonchev–Trinajstić information content (AvgIpc) is 2.37. The number of nitrogens with two attached hydrogens (primary N) is 1. The van der Waals surface area contributed by atoms with E-state index in [1.54, 1.807) is 0 Å². The van der Waals surface area contributed by atoms with Gasteiger partial charge < -0.3 is 5.73 Å². The van der Waals surface area contributed by atoms with E-state index < -0.39 is 10.0 Å². The Morgan fingerprint density at radius 1 is 1.11 bits per heavy atom. The van der Waals surface area contributed by atoms with Crippen molar-refractivity contribution >= 4 is 38.9 Å². The molecule has 0 saturated carbocycles. The minimum atomic E-state index is -3.57. The van der Waals surface area contributed by atoms with Crippen molar-refractivity contribution in [2.24, 2.45) is 0 Å². The summed E-state index contributed by atoms with van der Waals surface area (Å²) in [6.07, 6.45) is 2.81. The van der Waals surface area contributed by atoms with Crippen LogP contribution in [0.1, 0.15) is 19.3 Å². The molecule has 2 rings (SSSR count). The number of sulfonamides is 1. The van der Waals surface area contributed by atoms with Gasteiger partial charge in [-0.25, -0.2) is 8.42 Å². The summed E-state index contributed by atoms with van der Waals surface area (Å²) in [6, 6.07) is 2.87. The molecule has 0 aromatic heterocycles. The Kier molecular flexibility index (Phi) is 4.06. The Balaban J connectivity index is 2.44. The number of nitrogen functional groups attached to an aromatic ring is 1. The monoisotopic (exact) mass is 308 g/mol. The zero-order valence-corrected chi connectivity index (χ0v) is 12.0. The highest BCUT2D eigenvalue weighted by atomic mass is 35.5. The molecule has 0 aliphatic carbocycles. The highest BCUT2D eigenvalue weighted by Crippen LogP contribution is 2.35. The van der Waals surface area contributed by atoms with E-state index >= 15 is 0 Å². The topological polar surface area (TPSA) is 63.4 Å². The fourth-order valence-electron chi connectivity index (χ4n) is 1.99. The van der Waals surface area contributed by atoms with E-state index in [0.717, 1.165) is 19.3 Å². The van der Waals surface area contributed by atoms with Crippen LogP contribution in [0.2, 0.25) is 10.0 Å². The van der Waals surface area contributed by atoms with Crippen LogP contribution in [0, 0.1) is 0 Å². The van der Waals surface area contributed by atoms with Crippen molar-refractivity contribution in [2.75, 3.05) is 18.8 Å².